The third kappa shape index (κ3) is 5.73. The van der Waals surface area contributed by atoms with Gasteiger partial charge in [0, 0.05) is 19.4 Å². The number of hydrogen-bond acceptors (Lipinski definition) is 6. The zero-order valence-electron chi connectivity index (χ0n) is 19.7. The number of ether oxygens (including phenoxy) is 3. The summed E-state index contributed by atoms with van der Waals surface area (Å²) in [5.74, 6) is 0.454. The van der Waals surface area contributed by atoms with Gasteiger partial charge in [-0.05, 0) is 59.1 Å². The van der Waals surface area contributed by atoms with Crippen molar-refractivity contribution in [1.82, 2.24) is 5.32 Å². The van der Waals surface area contributed by atoms with Crippen LogP contribution in [0.25, 0.3) is 10.8 Å². The third-order valence-electron chi connectivity index (χ3n) is 6.34. The second-order valence-electron chi connectivity index (χ2n) is 8.80. The van der Waals surface area contributed by atoms with E-state index in [9.17, 15) is 4.79 Å². The number of rotatable bonds is 8. The molecule has 1 N–H and O–H groups in total. The van der Waals surface area contributed by atoms with Crippen molar-refractivity contribution in [1.29, 1.82) is 0 Å². The van der Waals surface area contributed by atoms with E-state index >= 15 is 0 Å². The maximum Gasteiger partial charge on any atom is 0.344 e. The van der Waals surface area contributed by atoms with Crippen molar-refractivity contribution in [2.24, 2.45) is 0 Å². The highest BCUT2D eigenvalue weighted by atomic mass is 16.7. The van der Waals surface area contributed by atoms with Gasteiger partial charge in [0.15, 0.2) is 0 Å². The van der Waals surface area contributed by atoms with Crippen LogP contribution in [-0.2, 0) is 16.1 Å². The SMILES string of the molecule is CC(OC(=O)c1ccoc1)Oc1ccc(C2CCNCC2OCc2ccc3ccccc3c2)cc1. The normalized spacial score (nSPS) is 18.8. The fourth-order valence-corrected chi connectivity index (χ4v) is 4.53. The third-order valence-corrected chi connectivity index (χ3v) is 6.34. The molecule has 1 aliphatic heterocycles. The molecule has 3 unspecified atom stereocenters. The van der Waals surface area contributed by atoms with Crippen LogP contribution in [0.1, 0.15) is 40.7 Å². The molecule has 1 aliphatic rings. The van der Waals surface area contributed by atoms with Gasteiger partial charge in [-0.1, -0.05) is 48.5 Å². The highest BCUT2D eigenvalue weighted by Crippen LogP contribution is 2.30. The predicted octanol–water partition coefficient (Wildman–Crippen LogP) is 5.68. The molecule has 4 aromatic rings. The summed E-state index contributed by atoms with van der Waals surface area (Å²) >= 11 is 0. The lowest BCUT2D eigenvalue weighted by Crippen LogP contribution is -2.40. The smallest absolute Gasteiger partial charge is 0.344 e. The van der Waals surface area contributed by atoms with Gasteiger partial charge in [-0.15, -0.1) is 0 Å². The molecule has 0 spiro atoms. The number of carbonyl (C=O) groups is 1. The fraction of sp³-hybridized carbons (Fsp3) is 0.276. The van der Waals surface area contributed by atoms with Crippen LogP contribution < -0.4 is 10.1 Å². The number of furan rings is 1. The lowest BCUT2D eigenvalue weighted by atomic mass is 9.87. The topological polar surface area (TPSA) is 69.9 Å². The first-order valence-electron chi connectivity index (χ1n) is 12.0. The van der Waals surface area contributed by atoms with E-state index in [0.29, 0.717) is 23.8 Å². The van der Waals surface area contributed by atoms with Crippen LogP contribution in [0.5, 0.6) is 5.75 Å². The van der Waals surface area contributed by atoms with Crippen LogP contribution in [0.3, 0.4) is 0 Å². The largest absolute Gasteiger partial charge is 0.472 e. The van der Waals surface area contributed by atoms with Gasteiger partial charge in [0.25, 0.3) is 0 Å². The maximum absolute atomic E-state index is 12.0. The molecule has 0 aliphatic carbocycles. The molecule has 3 atom stereocenters. The molecule has 6 heteroatoms. The second kappa shape index (κ2) is 10.8. The minimum absolute atomic E-state index is 0.0804. The number of nitrogens with one attached hydrogen (secondary N) is 1. The molecular weight excluding hydrogens is 442 g/mol. The van der Waals surface area contributed by atoms with Crippen LogP contribution in [0.15, 0.2) is 89.7 Å². The highest BCUT2D eigenvalue weighted by molar-refractivity contribution is 5.88. The van der Waals surface area contributed by atoms with Crippen molar-refractivity contribution in [3.8, 4) is 5.75 Å². The molecule has 6 nitrogen and oxygen atoms in total. The maximum atomic E-state index is 12.0. The van der Waals surface area contributed by atoms with Crippen LogP contribution in [0, 0.1) is 0 Å². The summed E-state index contributed by atoms with van der Waals surface area (Å²) in [7, 11) is 0. The van der Waals surface area contributed by atoms with E-state index in [4.69, 9.17) is 18.6 Å². The fourth-order valence-electron chi connectivity index (χ4n) is 4.53. The molecule has 0 saturated carbocycles. The number of carbonyl (C=O) groups excluding carboxylic acids is 1. The molecule has 0 radical (unpaired) electrons. The van der Waals surface area contributed by atoms with Crippen LogP contribution in [0.4, 0.5) is 0 Å². The number of fused-ring (bicyclic) bond motifs is 1. The van der Waals surface area contributed by atoms with Gasteiger partial charge >= 0.3 is 5.97 Å². The number of hydrogen-bond donors (Lipinski definition) is 1. The van der Waals surface area contributed by atoms with E-state index < -0.39 is 12.3 Å². The van der Waals surface area contributed by atoms with Gasteiger partial charge in [-0.3, -0.25) is 0 Å². The Hall–Kier alpha value is -3.61. The Kier molecular flexibility index (Phi) is 7.12. The number of piperidine rings is 1. The summed E-state index contributed by atoms with van der Waals surface area (Å²) in [6.45, 7) is 4.04. The first-order chi connectivity index (χ1) is 17.2. The van der Waals surface area contributed by atoms with Gasteiger partial charge in [0.2, 0.25) is 6.29 Å². The summed E-state index contributed by atoms with van der Waals surface area (Å²) in [5, 5.41) is 5.93. The summed E-state index contributed by atoms with van der Waals surface area (Å²) in [6.07, 6.45) is 3.14. The molecule has 180 valence electrons. The molecule has 1 fully saturated rings. The van der Waals surface area contributed by atoms with Crippen molar-refractivity contribution in [3.05, 3.63) is 102 Å². The van der Waals surface area contributed by atoms with Crippen molar-refractivity contribution < 1.29 is 23.4 Å². The monoisotopic (exact) mass is 471 g/mol. The van der Waals surface area contributed by atoms with Gasteiger partial charge in [-0.2, -0.15) is 0 Å². The van der Waals surface area contributed by atoms with Crippen molar-refractivity contribution in [2.75, 3.05) is 13.1 Å². The Morgan fingerprint density at radius 3 is 2.69 bits per heavy atom. The minimum Gasteiger partial charge on any atom is -0.472 e. The van der Waals surface area contributed by atoms with Crippen LogP contribution in [0.2, 0.25) is 0 Å². The summed E-state index contributed by atoms with van der Waals surface area (Å²) in [6, 6.07) is 24.4. The summed E-state index contributed by atoms with van der Waals surface area (Å²) in [5.41, 5.74) is 2.75. The van der Waals surface area contributed by atoms with Gasteiger partial charge < -0.3 is 23.9 Å². The molecular formula is C29H29NO5. The molecule has 1 aromatic heterocycles. The minimum atomic E-state index is -0.722. The van der Waals surface area contributed by atoms with E-state index in [2.05, 4.69) is 59.9 Å². The van der Waals surface area contributed by atoms with E-state index in [0.717, 1.165) is 19.5 Å². The zero-order chi connectivity index (χ0) is 24.0. The standard InChI is InChI=1S/C29H29NO5/c1-20(35-29(31)25-13-15-32-19-25)34-26-10-8-23(9-11-26)27-12-14-30-17-28(27)33-18-21-6-7-22-4-2-3-5-24(22)16-21/h2-11,13,15-16,19-20,27-28,30H,12,14,17-18H2,1H3. The van der Waals surface area contributed by atoms with E-state index in [1.54, 1.807) is 13.0 Å². The first kappa shape index (κ1) is 23.1. The summed E-state index contributed by atoms with van der Waals surface area (Å²) < 4.78 is 22.4. The second-order valence-corrected chi connectivity index (χ2v) is 8.80. The molecule has 0 bridgehead atoms. The number of esters is 1. The van der Waals surface area contributed by atoms with Crippen molar-refractivity contribution in [2.45, 2.75) is 38.3 Å². The molecule has 0 amide bonds. The quantitative estimate of drug-likeness (QED) is 0.264. The van der Waals surface area contributed by atoms with Crippen molar-refractivity contribution in [3.63, 3.8) is 0 Å². The van der Waals surface area contributed by atoms with Crippen molar-refractivity contribution >= 4 is 16.7 Å². The molecule has 1 saturated heterocycles. The molecule has 2 heterocycles. The summed E-state index contributed by atoms with van der Waals surface area (Å²) in [4.78, 5) is 12.0. The Bertz CT molecular complexity index is 1250. The van der Waals surface area contributed by atoms with E-state index in [1.165, 1.54) is 34.4 Å². The van der Waals surface area contributed by atoms with Gasteiger partial charge in [0.05, 0.1) is 24.5 Å². The molecule has 5 rings (SSSR count). The predicted molar refractivity (Wildman–Crippen MR) is 133 cm³/mol. The Labute approximate surface area is 204 Å². The van der Waals surface area contributed by atoms with E-state index in [-0.39, 0.29) is 6.10 Å². The zero-order valence-corrected chi connectivity index (χ0v) is 19.7. The van der Waals surface area contributed by atoms with E-state index in [1.807, 2.05) is 12.1 Å². The van der Waals surface area contributed by atoms with Gasteiger partial charge in [0.1, 0.15) is 12.0 Å². The van der Waals surface area contributed by atoms with Crippen LogP contribution >= 0.6 is 0 Å². The average molecular weight is 472 g/mol. The van der Waals surface area contributed by atoms with Gasteiger partial charge in [-0.25, -0.2) is 4.79 Å². The Morgan fingerprint density at radius 1 is 1.06 bits per heavy atom. The molecule has 35 heavy (non-hydrogen) atoms. The Morgan fingerprint density at radius 2 is 1.89 bits per heavy atom. The average Bonchev–Trinajstić information content (AvgIpc) is 3.43. The molecule has 3 aromatic carbocycles. The Balaban J connectivity index is 1.19. The highest BCUT2D eigenvalue weighted by Gasteiger charge is 2.27. The number of benzene rings is 3. The lowest BCUT2D eigenvalue weighted by Gasteiger charge is -2.32. The lowest BCUT2D eigenvalue weighted by molar-refractivity contribution is -0.0372. The first-order valence-corrected chi connectivity index (χ1v) is 12.0. The van der Waals surface area contributed by atoms with Crippen LogP contribution in [-0.4, -0.2) is 31.5 Å².